The first-order valence-corrected chi connectivity index (χ1v) is 10.1. The molecule has 3 atom stereocenters. The van der Waals surface area contributed by atoms with Gasteiger partial charge in [0.15, 0.2) is 0 Å². The van der Waals surface area contributed by atoms with Gasteiger partial charge in [-0.2, -0.15) is 0 Å². The quantitative estimate of drug-likeness (QED) is 0.568. The zero-order valence-corrected chi connectivity index (χ0v) is 15.3. The molecule has 24 heavy (non-hydrogen) atoms. The molecule has 1 spiro atoms. The van der Waals surface area contributed by atoms with Gasteiger partial charge in [0, 0.05) is 17.9 Å². The molecule has 6 nitrogen and oxygen atoms in total. The van der Waals surface area contributed by atoms with Crippen LogP contribution in [0.15, 0.2) is 12.2 Å². The number of ether oxygens (including phenoxy) is 1. The molecule has 3 rings (SSSR count). The molecule has 0 aromatic carbocycles. The molecule has 0 aromatic heterocycles. The molecule has 0 N–H and O–H groups in total. The van der Waals surface area contributed by atoms with Gasteiger partial charge in [0.05, 0.1) is 18.9 Å². The second-order valence-electron chi connectivity index (χ2n) is 7.77. The molecule has 0 aromatic rings. The van der Waals surface area contributed by atoms with E-state index in [9.17, 15) is 18.0 Å². The zero-order chi connectivity index (χ0) is 17.8. The van der Waals surface area contributed by atoms with E-state index in [1.807, 2.05) is 0 Å². The molecular weight excluding hydrogens is 330 g/mol. The van der Waals surface area contributed by atoms with Gasteiger partial charge in [-0.1, -0.05) is 19.9 Å². The third-order valence-corrected chi connectivity index (χ3v) is 8.55. The van der Waals surface area contributed by atoms with Crippen LogP contribution in [0.1, 0.15) is 46.0 Å². The van der Waals surface area contributed by atoms with Crippen molar-refractivity contribution in [3.05, 3.63) is 12.2 Å². The summed E-state index contributed by atoms with van der Waals surface area (Å²) in [6, 6.07) is -0.214. The van der Waals surface area contributed by atoms with Crippen LogP contribution in [0, 0.1) is 16.7 Å². The predicted molar refractivity (Wildman–Crippen MR) is 88.4 cm³/mol. The van der Waals surface area contributed by atoms with Crippen molar-refractivity contribution >= 4 is 21.9 Å². The Morgan fingerprint density at radius 3 is 2.67 bits per heavy atom. The largest absolute Gasteiger partial charge is 0.469 e. The van der Waals surface area contributed by atoms with Crippen LogP contribution in [-0.4, -0.2) is 43.5 Å². The van der Waals surface area contributed by atoms with Gasteiger partial charge >= 0.3 is 5.97 Å². The number of rotatable bonds is 4. The molecule has 1 aliphatic heterocycles. The fourth-order valence-electron chi connectivity index (χ4n) is 5.14. The fourth-order valence-corrected chi connectivity index (χ4v) is 7.65. The molecule has 0 unspecified atom stereocenters. The number of hydrogen-bond donors (Lipinski definition) is 0. The minimum absolute atomic E-state index is 0.0473. The van der Waals surface area contributed by atoms with E-state index >= 15 is 0 Å². The van der Waals surface area contributed by atoms with Crippen molar-refractivity contribution in [2.45, 2.75) is 52.0 Å². The number of sulfonamides is 1. The molecule has 3 fully saturated rings. The minimum Gasteiger partial charge on any atom is -0.469 e. The third kappa shape index (κ3) is 2.31. The SMILES string of the molecule is COC(=O)CC/C=C/C(=O)N1[C@@H]2C[C@H]3CC[C@]2(CS1(=O)=O)C3(C)C. The van der Waals surface area contributed by atoms with Crippen molar-refractivity contribution in [3.8, 4) is 0 Å². The van der Waals surface area contributed by atoms with E-state index in [-0.39, 0.29) is 35.0 Å². The maximum Gasteiger partial charge on any atom is 0.305 e. The van der Waals surface area contributed by atoms with Gasteiger partial charge in [-0.05, 0) is 37.0 Å². The lowest BCUT2D eigenvalue weighted by atomic mass is 9.69. The molecular formula is C17H25NO5S. The summed E-state index contributed by atoms with van der Waals surface area (Å²) in [5.74, 6) is -0.271. The van der Waals surface area contributed by atoms with E-state index in [1.165, 1.54) is 13.2 Å². The first-order valence-electron chi connectivity index (χ1n) is 8.45. The monoisotopic (exact) mass is 355 g/mol. The average Bonchev–Trinajstić information content (AvgIpc) is 2.98. The summed E-state index contributed by atoms with van der Waals surface area (Å²) >= 11 is 0. The molecule has 7 heteroatoms. The molecule has 2 saturated carbocycles. The van der Waals surface area contributed by atoms with Crippen LogP contribution in [0.5, 0.6) is 0 Å². The molecule has 1 amide bonds. The zero-order valence-electron chi connectivity index (χ0n) is 14.4. The van der Waals surface area contributed by atoms with Crippen molar-refractivity contribution in [1.82, 2.24) is 4.31 Å². The topological polar surface area (TPSA) is 80.8 Å². The molecule has 1 heterocycles. The van der Waals surface area contributed by atoms with E-state index in [2.05, 4.69) is 18.6 Å². The summed E-state index contributed by atoms with van der Waals surface area (Å²) in [4.78, 5) is 23.6. The molecule has 2 aliphatic carbocycles. The average molecular weight is 355 g/mol. The molecule has 1 saturated heterocycles. The molecule has 2 bridgehead atoms. The highest BCUT2D eigenvalue weighted by Crippen LogP contribution is 2.69. The second kappa shape index (κ2) is 5.58. The van der Waals surface area contributed by atoms with Gasteiger partial charge in [-0.15, -0.1) is 0 Å². The number of allylic oxidation sites excluding steroid dienone is 1. The predicted octanol–water partition coefficient (Wildman–Crippen LogP) is 1.86. The van der Waals surface area contributed by atoms with Crippen LogP contribution in [0.3, 0.4) is 0 Å². The first-order chi connectivity index (χ1) is 11.2. The summed E-state index contributed by atoms with van der Waals surface area (Å²) in [5, 5.41) is 0. The Morgan fingerprint density at radius 1 is 1.33 bits per heavy atom. The van der Waals surface area contributed by atoms with E-state index in [0.29, 0.717) is 12.3 Å². The number of amides is 1. The van der Waals surface area contributed by atoms with Gasteiger partial charge in [0.1, 0.15) is 0 Å². The Bertz CT molecular complexity index is 696. The van der Waals surface area contributed by atoms with E-state index in [0.717, 1.165) is 23.6 Å². The Hall–Kier alpha value is -1.37. The van der Waals surface area contributed by atoms with Crippen molar-refractivity contribution in [3.63, 3.8) is 0 Å². The molecule has 3 aliphatic rings. The highest BCUT2D eigenvalue weighted by molar-refractivity contribution is 7.90. The Labute approximate surface area is 143 Å². The van der Waals surface area contributed by atoms with Crippen LogP contribution in [0.4, 0.5) is 0 Å². The van der Waals surface area contributed by atoms with Gasteiger partial charge in [0.2, 0.25) is 10.0 Å². The van der Waals surface area contributed by atoms with Crippen LogP contribution in [0.2, 0.25) is 0 Å². The number of fused-ring (bicyclic) bond motifs is 1. The minimum atomic E-state index is -3.58. The Kier molecular flexibility index (Phi) is 4.06. The lowest BCUT2D eigenvalue weighted by Crippen LogP contribution is -2.43. The highest BCUT2D eigenvalue weighted by atomic mass is 32.2. The van der Waals surface area contributed by atoms with E-state index in [4.69, 9.17) is 0 Å². The summed E-state index contributed by atoms with van der Waals surface area (Å²) in [6.07, 6.45) is 6.08. The van der Waals surface area contributed by atoms with Crippen LogP contribution in [-0.2, 0) is 24.3 Å². The van der Waals surface area contributed by atoms with E-state index < -0.39 is 15.9 Å². The van der Waals surface area contributed by atoms with Gasteiger partial charge in [0.25, 0.3) is 5.91 Å². The molecule has 134 valence electrons. The van der Waals surface area contributed by atoms with Crippen molar-refractivity contribution in [2.75, 3.05) is 12.9 Å². The van der Waals surface area contributed by atoms with Gasteiger partial charge in [-0.25, -0.2) is 12.7 Å². The van der Waals surface area contributed by atoms with Crippen molar-refractivity contribution in [1.29, 1.82) is 0 Å². The smallest absolute Gasteiger partial charge is 0.305 e. The fraction of sp³-hybridized carbons (Fsp3) is 0.765. The third-order valence-electron chi connectivity index (χ3n) is 6.63. The lowest BCUT2D eigenvalue weighted by Gasteiger charge is -2.36. The number of esters is 1. The van der Waals surface area contributed by atoms with Gasteiger partial charge in [-0.3, -0.25) is 9.59 Å². The maximum absolute atomic E-state index is 12.7. The van der Waals surface area contributed by atoms with Crippen molar-refractivity contribution < 1.29 is 22.7 Å². The summed E-state index contributed by atoms with van der Waals surface area (Å²) in [7, 11) is -2.27. The van der Waals surface area contributed by atoms with Crippen molar-refractivity contribution in [2.24, 2.45) is 16.7 Å². The van der Waals surface area contributed by atoms with Crippen LogP contribution in [0.25, 0.3) is 0 Å². The molecule has 0 radical (unpaired) electrons. The second-order valence-corrected chi connectivity index (χ2v) is 9.62. The summed E-state index contributed by atoms with van der Waals surface area (Å²) in [5.41, 5.74) is -0.347. The number of methoxy groups -OCH3 is 1. The first kappa shape index (κ1) is 17.5. The highest BCUT2D eigenvalue weighted by Gasteiger charge is 2.72. The Balaban J connectivity index is 1.78. The number of nitrogens with zero attached hydrogens (tertiary/aromatic N) is 1. The number of carbonyl (C=O) groups excluding carboxylic acids is 2. The Morgan fingerprint density at radius 2 is 2.04 bits per heavy atom. The van der Waals surface area contributed by atoms with Crippen LogP contribution < -0.4 is 0 Å². The summed E-state index contributed by atoms with van der Waals surface area (Å²) in [6.45, 7) is 4.31. The standard InChI is InChI=1S/C17H25NO5S/c1-16(2)12-8-9-17(16)11-24(21,22)18(13(17)10-12)14(19)6-4-5-7-15(20)23-3/h4,6,12-13H,5,7-11H2,1-3H3/b6-4+/t12-,13-,17-/m1/s1. The maximum atomic E-state index is 12.7. The van der Waals surface area contributed by atoms with Gasteiger partial charge < -0.3 is 4.74 Å². The summed E-state index contributed by atoms with van der Waals surface area (Å²) < 4.78 is 31.0. The lowest BCUT2D eigenvalue weighted by molar-refractivity contribution is -0.140. The number of carbonyl (C=O) groups is 2. The normalized spacial score (nSPS) is 35.4. The van der Waals surface area contributed by atoms with E-state index in [1.54, 1.807) is 6.08 Å². The van der Waals surface area contributed by atoms with Crippen LogP contribution >= 0.6 is 0 Å². The number of hydrogen-bond acceptors (Lipinski definition) is 5.